The van der Waals surface area contributed by atoms with Crippen molar-refractivity contribution in [1.82, 2.24) is 4.57 Å². The molecule has 0 radical (unpaired) electrons. The number of Topliss-reactive ketones (excluding diaryl/α,β-unsaturated/α-hetero) is 1. The van der Waals surface area contributed by atoms with Crippen LogP contribution in [0, 0.1) is 0 Å². The molecule has 0 aliphatic heterocycles. The van der Waals surface area contributed by atoms with Crippen LogP contribution < -0.4 is 0 Å². The highest BCUT2D eigenvalue weighted by molar-refractivity contribution is 7.12. The third-order valence-corrected chi connectivity index (χ3v) is 6.78. The molecule has 0 N–H and O–H groups in total. The average Bonchev–Trinajstić information content (AvgIpc) is 3.50. The molecule has 4 nitrogen and oxygen atoms in total. The van der Waals surface area contributed by atoms with Gasteiger partial charge in [-0.05, 0) is 92.0 Å². The van der Waals surface area contributed by atoms with Crippen LogP contribution in [-0.2, 0) is 0 Å². The highest BCUT2D eigenvalue weighted by Gasteiger charge is 2.17. The Hall–Kier alpha value is -4.09. The van der Waals surface area contributed by atoms with E-state index in [9.17, 15) is 14.4 Å². The summed E-state index contributed by atoms with van der Waals surface area (Å²) in [5.74, 6) is -0.0793. The number of nitrogens with zero attached hydrogens (tertiary/aromatic N) is 1. The molecule has 0 fully saturated rings. The zero-order chi connectivity index (χ0) is 23.8. The minimum Gasteiger partial charge on any atom is -0.309 e. The van der Waals surface area contributed by atoms with Crippen molar-refractivity contribution in [3.8, 4) is 5.69 Å². The van der Waals surface area contributed by atoms with Gasteiger partial charge >= 0.3 is 0 Å². The maximum Gasteiger partial charge on any atom is 0.202 e. The standard InChI is InChI=1S/C29H21NO3S/c1-3-5-27(32)20-9-13-25-23(16-20)24-17-21(29(33)28-6-4-15-34-28)10-14-26(24)30(25)22-11-7-19(8-12-22)18(2)31/h3-17H,1-2H3/b5-3+. The second-order valence-corrected chi connectivity index (χ2v) is 9.02. The molecule has 0 saturated heterocycles. The summed E-state index contributed by atoms with van der Waals surface area (Å²) in [6.07, 6.45) is 3.27. The second kappa shape index (κ2) is 8.69. The fourth-order valence-corrected chi connectivity index (χ4v) is 4.92. The molecule has 0 spiro atoms. The first-order chi connectivity index (χ1) is 16.5. The second-order valence-electron chi connectivity index (χ2n) is 8.07. The molecule has 34 heavy (non-hydrogen) atoms. The van der Waals surface area contributed by atoms with Crippen molar-refractivity contribution >= 4 is 50.5 Å². The molecule has 2 heterocycles. The lowest BCUT2D eigenvalue weighted by Gasteiger charge is -2.09. The largest absolute Gasteiger partial charge is 0.309 e. The topological polar surface area (TPSA) is 56.1 Å². The third kappa shape index (κ3) is 3.70. The Kier molecular flexibility index (Phi) is 5.56. The normalized spacial score (nSPS) is 11.5. The summed E-state index contributed by atoms with van der Waals surface area (Å²) < 4.78 is 2.10. The van der Waals surface area contributed by atoms with Crippen LogP contribution in [-0.4, -0.2) is 21.9 Å². The molecule has 0 bridgehead atoms. The van der Waals surface area contributed by atoms with Crippen LogP contribution in [0.4, 0.5) is 0 Å². The monoisotopic (exact) mass is 463 g/mol. The molecule has 166 valence electrons. The van der Waals surface area contributed by atoms with Crippen molar-refractivity contribution in [2.45, 2.75) is 13.8 Å². The van der Waals surface area contributed by atoms with E-state index in [-0.39, 0.29) is 17.3 Å². The lowest BCUT2D eigenvalue weighted by atomic mass is 10.0. The van der Waals surface area contributed by atoms with E-state index in [4.69, 9.17) is 0 Å². The van der Waals surface area contributed by atoms with Gasteiger partial charge in [-0.2, -0.15) is 0 Å². The van der Waals surface area contributed by atoms with E-state index in [2.05, 4.69) is 4.57 Å². The van der Waals surface area contributed by atoms with Crippen LogP contribution in [0.3, 0.4) is 0 Å². The van der Waals surface area contributed by atoms with Crippen molar-refractivity contribution in [2.24, 2.45) is 0 Å². The maximum absolute atomic E-state index is 13.0. The first-order valence-electron chi connectivity index (χ1n) is 10.9. The predicted octanol–water partition coefficient (Wildman–Crippen LogP) is 7.04. The highest BCUT2D eigenvalue weighted by Crippen LogP contribution is 2.34. The number of aromatic nitrogens is 1. The molecule has 0 aliphatic carbocycles. The number of hydrogen-bond acceptors (Lipinski definition) is 4. The van der Waals surface area contributed by atoms with Crippen LogP contribution in [0.15, 0.2) is 90.3 Å². The molecule has 5 rings (SSSR count). The van der Waals surface area contributed by atoms with Crippen molar-refractivity contribution < 1.29 is 14.4 Å². The Balaban J connectivity index is 1.77. The van der Waals surface area contributed by atoms with Crippen LogP contribution in [0.1, 0.15) is 49.8 Å². The fraction of sp³-hybridized carbons (Fsp3) is 0.0690. The first-order valence-corrected chi connectivity index (χ1v) is 11.8. The minimum absolute atomic E-state index is 0.0117. The number of rotatable bonds is 6. The SMILES string of the molecule is C/C=C/C(=O)c1ccc2c(c1)c1cc(C(=O)c3cccs3)ccc1n2-c1ccc(C(C)=O)cc1. The van der Waals surface area contributed by atoms with Gasteiger partial charge in [-0.1, -0.05) is 12.1 Å². The Morgan fingerprint density at radius 3 is 2.00 bits per heavy atom. The zero-order valence-corrected chi connectivity index (χ0v) is 19.6. The summed E-state index contributed by atoms with van der Waals surface area (Å²) in [5.41, 5.74) is 4.58. The number of benzene rings is 3. The van der Waals surface area contributed by atoms with Gasteiger partial charge in [-0.25, -0.2) is 0 Å². The molecular formula is C29H21NO3S. The van der Waals surface area contributed by atoms with Crippen LogP contribution >= 0.6 is 11.3 Å². The molecule has 0 saturated carbocycles. The zero-order valence-electron chi connectivity index (χ0n) is 18.7. The van der Waals surface area contributed by atoms with Gasteiger partial charge in [0.05, 0.1) is 15.9 Å². The third-order valence-electron chi connectivity index (χ3n) is 5.91. The van der Waals surface area contributed by atoms with Crippen molar-refractivity contribution in [2.75, 3.05) is 0 Å². The van der Waals surface area contributed by atoms with Crippen LogP contribution in [0.5, 0.6) is 0 Å². The maximum atomic E-state index is 13.0. The van der Waals surface area contributed by atoms with Gasteiger partial charge in [0.1, 0.15) is 0 Å². The van der Waals surface area contributed by atoms with Crippen molar-refractivity contribution in [3.05, 3.63) is 112 Å². The van der Waals surface area contributed by atoms with Crippen molar-refractivity contribution in [3.63, 3.8) is 0 Å². The van der Waals surface area contributed by atoms with E-state index >= 15 is 0 Å². The minimum atomic E-state index is -0.0677. The number of carbonyl (C=O) groups excluding carboxylic acids is 3. The molecule has 3 aromatic carbocycles. The number of allylic oxidation sites excluding steroid dienone is 2. The van der Waals surface area contributed by atoms with Gasteiger partial charge < -0.3 is 4.57 Å². The quantitative estimate of drug-likeness (QED) is 0.200. The van der Waals surface area contributed by atoms with Crippen molar-refractivity contribution in [1.29, 1.82) is 0 Å². The lowest BCUT2D eigenvalue weighted by Crippen LogP contribution is -1.99. The summed E-state index contributed by atoms with van der Waals surface area (Å²) >= 11 is 1.42. The van der Waals surface area contributed by atoms with Gasteiger partial charge in [0, 0.05) is 33.2 Å². The van der Waals surface area contributed by atoms with Gasteiger partial charge in [-0.3, -0.25) is 14.4 Å². The summed E-state index contributed by atoms with van der Waals surface area (Å²) in [5, 5.41) is 3.67. The Bertz CT molecular complexity index is 1600. The number of hydrogen-bond donors (Lipinski definition) is 0. The first kappa shape index (κ1) is 21.7. The Morgan fingerprint density at radius 2 is 1.41 bits per heavy atom. The molecule has 5 heteroatoms. The molecule has 5 aromatic rings. The molecule has 2 aromatic heterocycles. The van der Waals surface area contributed by atoms with E-state index in [1.54, 1.807) is 19.1 Å². The lowest BCUT2D eigenvalue weighted by molar-refractivity contribution is 0.101. The highest BCUT2D eigenvalue weighted by atomic mass is 32.1. The molecule has 0 amide bonds. The smallest absolute Gasteiger partial charge is 0.202 e. The van der Waals surface area contributed by atoms with E-state index in [0.717, 1.165) is 27.5 Å². The molecule has 0 aliphatic rings. The summed E-state index contributed by atoms with van der Waals surface area (Å²) in [6, 6.07) is 22.5. The van der Waals surface area contributed by atoms with Gasteiger partial charge in [0.25, 0.3) is 0 Å². The van der Waals surface area contributed by atoms with E-state index in [0.29, 0.717) is 21.6 Å². The summed E-state index contributed by atoms with van der Waals surface area (Å²) in [4.78, 5) is 38.0. The summed E-state index contributed by atoms with van der Waals surface area (Å²) in [6.45, 7) is 3.36. The van der Waals surface area contributed by atoms with E-state index < -0.39 is 0 Å². The van der Waals surface area contributed by atoms with Gasteiger partial charge in [-0.15, -0.1) is 11.3 Å². The summed E-state index contributed by atoms with van der Waals surface area (Å²) in [7, 11) is 0. The van der Waals surface area contributed by atoms with E-state index in [1.165, 1.54) is 11.3 Å². The van der Waals surface area contributed by atoms with Crippen LogP contribution in [0.2, 0.25) is 0 Å². The number of carbonyl (C=O) groups is 3. The van der Waals surface area contributed by atoms with Gasteiger partial charge in [0.2, 0.25) is 5.78 Å². The van der Waals surface area contributed by atoms with Crippen LogP contribution in [0.25, 0.3) is 27.5 Å². The number of fused-ring (bicyclic) bond motifs is 3. The fourth-order valence-electron chi connectivity index (χ4n) is 4.24. The average molecular weight is 464 g/mol. The molecule has 0 atom stereocenters. The Labute approximate surface area is 200 Å². The molecule has 0 unspecified atom stereocenters. The van der Waals surface area contributed by atoms with Gasteiger partial charge in [0.15, 0.2) is 11.6 Å². The Morgan fingerprint density at radius 1 is 0.794 bits per heavy atom. The van der Waals surface area contributed by atoms with E-state index in [1.807, 2.05) is 85.1 Å². The predicted molar refractivity (Wildman–Crippen MR) is 138 cm³/mol. The number of ketones is 3. The number of thiophene rings is 1. The molecular weight excluding hydrogens is 442 g/mol.